The summed E-state index contributed by atoms with van der Waals surface area (Å²) in [7, 11) is 0. The summed E-state index contributed by atoms with van der Waals surface area (Å²) in [6, 6.07) is 0.725. The van der Waals surface area contributed by atoms with Gasteiger partial charge >= 0.3 is 12.1 Å². The van der Waals surface area contributed by atoms with E-state index in [9.17, 15) is 22.4 Å². The Morgan fingerprint density at radius 3 is 2.47 bits per heavy atom. The number of carboxylic acid groups (broad SMARTS) is 1. The molecule has 0 fully saturated rings. The van der Waals surface area contributed by atoms with Gasteiger partial charge in [-0.2, -0.15) is 17.6 Å². The van der Waals surface area contributed by atoms with Crippen LogP contribution in [0.2, 0.25) is 0 Å². The second kappa shape index (κ2) is 3.84. The van der Waals surface area contributed by atoms with Crippen LogP contribution in [0.5, 0.6) is 0 Å². The van der Waals surface area contributed by atoms with Gasteiger partial charge in [0.1, 0.15) is 0 Å². The molecule has 0 amide bonds. The Hall–Kier alpha value is -1.66. The number of carbonyl (C=O) groups is 1. The lowest BCUT2D eigenvalue weighted by Gasteiger charge is -2.07. The van der Waals surface area contributed by atoms with Gasteiger partial charge in [0.05, 0.1) is 17.7 Å². The van der Waals surface area contributed by atoms with Crippen molar-refractivity contribution in [3.05, 3.63) is 29.3 Å². The van der Waals surface area contributed by atoms with E-state index in [0.717, 1.165) is 0 Å². The SMILES string of the molecule is O=C(O)Cc1cc(C(F)(F)F)cc(F)n1. The zero-order valence-corrected chi connectivity index (χ0v) is 7.18. The average Bonchev–Trinajstić information content (AvgIpc) is 1.99. The summed E-state index contributed by atoms with van der Waals surface area (Å²) in [5.41, 5.74) is -1.71. The van der Waals surface area contributed by atoms with Gasteiger partial charge in [-0.15, -0.1) is 0 Å². The quantitative estimate of drug-likeness (QED) is 0.615. The second-order valence-electron chi connectivity index (χ2n) is 2.74. The Morgan fingerprint density at radius 2 is 2.00 bits per heavy atom. The van der Waals surface area contributed by atoms with Gasteiger partial charge in [0.25, 0.3) is 0 Å². The van der Waals surface area contributed by atoms with E-state index in [2.05, 4.69) is 4.98 Å². The van der Waals surface area contributed by atoms with Crippen molar-refractivity contribution < 1.29 is 27.5 Å². The highest BCUT2D eigenvalue weighted by molar-refractivity contribution is 5.69. The van der Waals surface area contributed by atoms with Crippen LogP contribution in [0.15, 0.2) is 12.1 Å². The van der Waals surface area contributed by atoms with Gasteiger partial charge in [0.15, 0.2) is 0 Å². The molecule has 1 aromatic rings. The third kappa shape index (κ3) is 3.19. The summed E-state index contributed by atoms with van der Waals surface area (Å²) in [5, 5.41) is 8.31. The van der Waals surface area contributed by atoms with Crippen LogP contribution in [0.4, 0.5) is 17.6 Å². The molecule has 0 saturated carbocycles. The molecule has 1 rings (SSSR count). The maximum absolute atomic E-state index is 12.6. The highest BCUT2D eigenvalue weighted by Gasteiger charge is 2.31. The van der Waals surface area contributed by atoms with Gasteiger partial charge in [-0.1, -0.05) is 0 Å². The minimum atomic E-state index is -4.71. The summed E-state index contributed by atoms with van der Waals surface area (Å²) in [6.07, 6.45) is -5.46. The lowest BCUT2D eigenvalue weighted by atomic mass is 10.2. The fraction of sp³-hybridized carbons (Fsp3) is 0.250. The first kappa shape index (κ1) is 11.4. The first-order chi connectivity index (χ1) is 6.79. The number of pyridine rings is 1. The first-order valence-electron chi connectivity index (χ1n) is 3.74. The number of alkyl halides is 3. The number of aromatic nitrogens is 1. The van der Waals surface area contributed by atoms with Gasteiger partial charge in [-0.25, -0.2) is 4.98 Å². The Balaban J connectivity index is 3.11. The highest BCUT2D eigenvalue weighted by atomic mass is 19.4. The van der Waals surface area contributed by atoms with Crippen LogP contribution in [0.3, 0.4) is 0 Å². The van der Waals surface area contributed by atoms with E-state index in [1.165, 1.54) is 0 Å². The molecule has 7 heteroatoms. The molecule has 0 saturated heterocycles. The van der Waals surface area contributed by atoms with Gasteiger partial charge in [-0.05, 0) is 6.07 Å². The van der Waals surface area contributed by atoms with Crippen LogP contribution in [0, 0.1) is 5.95 Å². The monoisotopic (exact) mass is 223 g/mol. The smallest absolute Gasteiger partial charge is 0.416 e. The zero-order chi connectivity index (χ0) is 11.6. The molecule has 1 heterocycles. The highest BCUT2D eigenvalue weighted by Crippen LogP contribution is 2.29. The van der Waals surface area contributed by atoms with Gasteiger partial charge < -0.3 is 5.11 Å². The number of hydrogen-bond acceptors (Lipinski definition) is 2. The number of nitrogens with zero attached hydrogens (tertiary/aromatic N) is 1. The number of halogens is 4. The Bertz CT molecular complexity index is 389. The van der Waals surface area contributed by atoms with E-state index in [-0.39, 0.29) is 6.07 Å². The van der Waals surface area contributed by atoms with Crippen LogP contribution in [-0.4, -0.2) is 16.1 Å². The van der Waals surface area contributed by atoms with Crippen molar-refractivity contribution in [1.82, 2.24) is 4.98 Å². The van der Waals surface area contributed by atoms with E-state index in [1.54, 1.807) is 0 Å². The standard InChI is InChI=1S/C8H5F4NO2/c9-6-2-4(8(10,11)12)1-5(13-6)3-7(14)15/h1-2H,3H2,(H,14,15). The van der Waals surface area contributed by atoms with E-state index < -0.39 is 35.8 Å². The summed E-state index contributed by atoms with van der Waals surface area (Å²) in [5.74, 6) is -2.72. The van der Waals surface area contributed by atoms with Crippen molar-refractivity contribution in [2.24, 2.45) is 0 Å². The molecule has 3 nitrogen and oxygen atoms in total. The normalized spacial score (nSPS) is 11.5. The van der Waals surface area contributed by atoms with Crippen molar-refractivity contribution in [2.45, 2.75) is 12.6 Å². The van der Waals surface area contributed by atoms with Crippen molar-refractivity contribution in [2.75, 3.05) is 0 Å². The molecule has 0 aliphatic heterocycles. The van der Waals surface area contributed by atoms with E-state index in [4.69, 9.17) is 5.11 Å². The molecule has 0 radical (unpaired) electrons. The molecule has 0 aliphatic carbocycles. The maximum Gasteiger partial charge on any atom is 0.416 e. The van der Waals surface area contributed by atoms with Crippen molar-refractivity contribution in [3.63, 3.8) is 0 Å². The number of aliphatic carboxylic acids is 1. The fourth-order valence-corrected chi connectivity index (χ4v) is 0.960. The second-order valence-corrected chi connectivity index (χ2v) is 2.74. The van der Waals surface area contributed by atoms with Crippen LogP contribution >= 0.6 is 0 Å². The maximum atomic E-state index is 12.6. The third-order valence-electron chi connectivity index (χ3n) is 1.51. The van der Waals surface area contributed by atoms with Gasteiger partial charge in [0.2, 0.25) is 5.95 Å². The molecule has 0 spiro atoms. The first-order valence-corrected chi connectivity index (χ1v) is 3.74. The summed E-state index contributed by atoms with van der Waals surface area (Å²) in [4.78, 5) is 13.2. The van der Waals surface area contributed by atoms with E-state index in [1.807, 2.05) is 0 Å². The van der Waals surface area contributed by atoms with Gasteiger partial charge in [0, 0.05) is 6.07 Å². The molecule has 15 heavy (non-hydrogen) atoms. The Labute approximate surface area is 81.4 Å². The zero-order valence-electron chi connectivity index (χ0n) is 7.18. The van der Waals surface area contributed by atoms with E-state index >= 15 is 0 Å². The molecule has 1 N–H and O–H groups in total. The van der Waals surface area contributed by atoms with Crippen molar-refractivity contribution in [3.8, 4) is 0 Å². The molecule has 0 bridgehead atoms. The van der Waals surface area contributed by atoms with Crippen molar-refractivity contribution in [1.29, 1.82) is 0 Å². The predicted octanol–water partition coefficient (Wildman–Crippen LogP) is 1.87. The fourth-order valence-electron chi connectivity index (χ4n) is 0.960. The minimum absolute atomic E-state index is 0.214. The largest absolute Gasteiger partial charge is 0.481 e. The lowest BCUT2D eigenvalue weighted by Crippen LogP contribution is -2.10. The van der Waals surface area contributed by atoms with Crippen molar-refractivity contribution >= 4 is 5.97 Å². The molecule has 1 aromatic heterocycles. The number of hydrogen-bond donors (Lipinski definition) is 1. The molecular formula is C8H5F4NO2. The third-order valence-corrected chi connectivity index (χ3v) is 1.51. The minimum Gasteiger partial charge on any atom is -0.481 e. The predicted molar refractivity (Wildman–Crippen MR) is 40.5 cm³/mol. The molecule has 0 unspecified atom stereocenters. The number of carboxylic acids is 1. The van der Waals surface area contributed by atoms with Crippen LogP contribution in [0.25, 0.3) is 0 Å². The summed E-state index contributed by atoms with van der Waals surface area (Å²) < 4.78 is 49.0. The molecule has 0 aromatic carbocycles. The van der Waals surface area contributed by atoms with E-state index in [0.29, 0.717) is 6.07 Å². The lowest BCUT2D eigenvalue weighted by molar-refractivity contribution is -0.139. The van der Waals surface area contributed by atoms with Crippen LogP contribution in [0.1, 0.15) is 11.3 Å². The molecule has 0 atom stereocenters. The molecular weight excluding hydrogens is 218 g/mol. The Morgan fingerprint density at radius 1 is 1.40 bits per heavy atom. The average molecular weight is 223 g/mol. The summed E-state index contributed by atoms with van der Waals surface area (Å²) >= 11 is 0. The van der Waals surface area contributed by atoms with Gasteiger partial charge in [-0.3, -0.25) is 4.79 Å². The van der Waals surface area contributed by atoms with Crippen LogP contribution < -0.4 is 0 Å². The topological polar surface area (TPSA) is 50.2 Å². The Kier molecular flexibility index (Phi) is 2.92. The number of rotatable bonds is 2. The van der Waals surface area contributed by atoms with Crippen LogP contribution in [-0.2, 0) is 17.4 Å². The summed E-state index contributed by atoms with van der Waals surface area (Å²) in [6.45, 7) is 0. The molecule has 0 aliphatic rings. The molecule has 82 valence electrons.